The Morgan fingerprint density at radius 3 is 2.69 bits per heavy atom. The van der Waals surface area contributed by atoms with Crippen LogP contribution in [-0.4, -0.2) is 23.8 Å². The molecule has 0 atom stereocenters. The van der Waals surface area contributed by atoms with Crippen LogP contribution in [0.25, 0.3) is 0 Å². The molecule has 0 aromatic heterocycles. The second-order valence-electron chi connectivity index (χ2n) is 4.57. The minimum atomic E-state index is 0.164. The monoisotopic (exact) mass is 217 g/mol. The summed E-state index contributed by atoms with van der Waals surface area (Å²) >= 11 is 0. The summed E-state index contributed by atoms with van der Waals surface area (Å²) in [6, 6.07) is 8.65. The SMILES string of the molecule is CN(Cc1ccccc1C(=N)N)C1CCC1. The average Bonchev–Trinajstić information content (AvgIpc) is 2.15. The number of hydrogen-bond acceptors (Lipinski definition) is 2. The van der Waals surface area contributed by atoms with E-state index in [4.69, 9.17) is 11.1 Å². The van der Waals surface area contributed by atoms with E-state index < -0.39 is 0 Å². The van der Waals surface area contributed by atoms with Gasteiger partial charge < -0.3 is 5.73 Å². The number of hydrogen-bond donors (Lipinski definition) is 2. The number of nitrogens with zero attached hydrogens (tertiary/aromatic N) is 1. The zero-order valence-electron chi connectivity index (χ0n) is 9.74. The molecule has 86 valence electrons. The van der Waals surface area contributed by atoms with Crippen molar-refractivity contribution in [1.82, 2.24) is 4.90 Å². The molecule has 2 rings (SSSR count). The first-order chi connectivity index (χ1) is 7.68. The lowest BCUT2D eigenvalue weighted by Gasteiger charge is -2.35. The molecule has 0 amide bonds. The van der Waals surface area contributed by atoms with Crippen molar-refractivity contribution in [3.8, 4) is 0 Å². The molecule has 1 aromatic rings. The van der Waals surface area contributed by atoms with Gasteiger partial charge in [0.1, 0.15) is 5.84 Å². The topological polar surface area (TPSA) is 53.1 Å². The first-order valence-corrected chi connectivity index (χ1v) is 5.81. The van der Waals surface area contributed by atoms with Crippen LogP contribution in [0.4, 0.5) is 0 Å². The third-order valence-electron chi connectivity index (χ3n) is 3.43. The Labute approximate surface area is 96.8 Å². The number of amidine groups is 1. The van der Waals surface area contributed by atoms with Crippen LogP contribution in [0.5, 0.6) is 0 Å². The van der Waals surface area contributed by atoms with Crippen LogP contribution < -0.4 is 5.73 Å². The van der Waals surface area contributed by atoms with Gasteiger partial charge >= 0.3 is 0 Å². The Morgan fingerprint density at radius 2 is 2.12 bits per heavy atom. The predicted octanol–water partition coefficient (Wildman–Crippen LogP) is 1.95. The van der Waals surface area contributed by atoms with Crippen LogP contribution in [0.1, 0.15) is 30.4 Å². The minimum absolute atomic E-state index is 0.164. The lowest BCUT2D eigenvalue weighted by Crippen LogP contribution is -2.37. The number of benzene rings is 1. The second kappa shape index (κ2) is 4.66. The Balaban J connectivity index is 2.10. The highest BCUT2D eigenvalue weighted by molar-refractivity contribution is 5.96. The van der Waals surface area contributed by atoms with Gasteiger partial charge in [-0.25, -0.2) is 0 Å². The van der Waals surface area contributed by atoms with Gasteiger partial charge in [-0.3, -0.25) is 10.3 Å². The largest absolute Gasteiger partial charge is 0.384 e. The molecule has 1 aromatic carbocycles. The second-order valence-corrected chi connectivity index (χ2v) is 4.57. The number of nitrogens with one attached hydrogen (secondary N) is 1. The van der Waals surface area contributed by atoms with E-state index in [0.29, 0.717) is 0 Å². The number of nitrogens with two attached hydrogens (primary N) is 1. The number of nitrogen functional groups attached to an aromatic ring is 1. The highest BCUT2D eigenvalue weighted by Gasteiger charge is 2.22. The molecule has 0 saturated heterocycles. The van der Waals surface area contributed by atoms with E-state index in [9.17, 15) is 0 Å². The summed E-state index contributed by atoms with van der Waals surface area (Å²) in [6.07, 6.45) is 3.96. The molecule has 0 spiro atoms. The molecule has 0 radical (unpaired) electrons. The molecule has 0 heterocycles. The smallest absolute Gasteiger partial charge is 0.123 e. The molecule has 0 unspecified atom stereocenters. The fourth-order valence-electron chi connectivity index (χ4n) is 2.15. The lowest BCUT2D eigenvalue weighted by atomic mass is 9.91. The first-order valence-electron chi connectivity index (χ1n) is 5.81. The highest BCUT2D eigenvalue weighted by Crippen LogP contribution is 2.25. The lowest BCUT2D eigenvalue weighted by molar-refractivity contribution is 0.152. The Morgan fingerprint density at radius 1 is 1.44 bits per heavy atom. The molecule has 1 aliphatic carbocycles. The molecule has 1 fully saturated rings. The van der Waals surface area contributed by atoms with Gasteiger partial charge in [0.15, 0.2) is 0 Å². The summed E-state index contributed by atoms with van der Waals surface area (Å²) in [4.78, 5) is 2.37. The van der Waals surface area contributed by atoms with E-state index in [-0.39, 0.29) is 5.84 Å². The van der Waals surface area contributed by atoms with Gasteiger partial charge in [-0.1, -0.05) is 30.7 Å². The predicted molar refractivity (Wildman–Crippen MR) is 66.6 cm³/mol. The van der Waals surface area contributed by atoms with Crippen molar-refractivity contribution in [3.63, 3.8) is 0 Å². The fourth-order valence-corrected chi connectivity index (χ4v) is 2.15. The number of rotatable bonds is 4. The fraction of sp³-hybridized carbons (Fsp3) is 0.462. The third-order valence-corrected chi connectivity index (χ3v) is 3.43. The van der Waals surface area contributed by atoms with Crippen LogP contribution in [0.15, 0.2) is 24.3 Å². The minimum Gasteiger partial charge on any atom is -0.384 e. The molecule has 0 bridgehead atoms. The van der Waals surface area contributed by atoms with Crippen LogP contribution in [0.3, 0.4) is 0 Å². The van der Waals surface area contributed by atoms with Gasteiger partial charge in [-0.05, 0) is 25.5 Å². The van der Waals surface area contributed by atoms with Crippen LogP contribution in [-0.2, 0) is 6.54 Å². The van der Waals surface area contributed by atoms with E-state index >= 15 is 0 Å². The van der Waals surface area contributed by atoms with E-state index in [0.717, 1.165) is 23.7 Å². The summed E-state index contributed by atoms with van der Waals surface area (Å²) in [5.41, 5.74) is 7.60. The van der Waals surface area contributed by atoms with Gasteiger partial charge in [0, 0.05) is 18.2 Å². The normalized spacial score (nSPS) is 16.1. The Bertz CT molecular complexity index is 383. The van der Waals surface area contributed by atoms with E-state index in [2.05, 4.69) is 18.0 Å². The molecular formula is C13H19N3. The maximum Gasteiger partial charge on any atom is 0.123 e. The van der Waals surface area contributed by atoms with Crippen molar-refractivity contribution >= 4 is 5.84 Å². The van der Waals surface area contributed by atoms with Gasteiger partial charge in [0.05, 0.1) is 0 Å². The third kappa shape index (κ3) is 2.25. The molecule has 16 heavy (non-hydrogen) atoms. The van der Waals surface area contributed by atoms with Crippen molar-refractivity contribution < 1.29 is 0 Å². The summed E-state index contributed by atoms with van der Waals surface area (Å²) in [6.45, 7) is 0.889. The maximum absolute atomic E-state index is 7.55. The summed E-state index contributed by atoms with van der Waals surface area (Å²) in [5, 5.41) is 7.55. The van der Waals surface area contributed by atoms with Crippen molar-refractivity contribution in [2.75, 3.05) is 7.05 Å². The van der Waals surface area contributed by atoms with Gasteiger partial charge in [0.2, 0.25) is 0 Å². The molecule has 3 heteroatoms. The highest BCUT2D eigenvalue weighted by atomic mass is 15.1. The Hall–Kier alpha value is -1.35. The van der Waals surface area contributed by atoms with E-state index in [1.165, 1.54) is 19.3 Å². The molecule has 3 N–H and O–H groups in total. The van der Waals surface area contributed by atoms with Crippen molar-refractivity contribution in [3.05, 3.63) is 35.4 Å². The maximum atomic E-state index is 7.55. The zero-order chi connectivity index (χ0) is 11.5. The van der Waals surface area contributed by atoms with Crippen LogP contribution in [0, 0.1) is 5.41 Å². The molecular weight excluding hydrogens is 198 g/mol. The zero-order valence-corrected chi connectivity index (χ0v) is 9.74. The molecule has 1 saturated carbocycles. The standard InChI is InChI=1S/C13H19N3/c1-16(11-6-4-7-11)9-10-5-2-3-8-12(10)13(14)15/h2-3,5,8,11H,4,6-7,9H2,1H3,(H3,14,15). The summed E-state index contributed by atoms with van der Waals surface area (Å²) < 4.78 is 0. The summed E-state index contributed by atoms with van der Waals surface area (Å²) in [5.74, 6) is 0.164. The van der Waals surface area contributed by atoms with Crippen molar-refractivity contribution in [2.45, 2.75) is 31.8 Å². The quantitative estimate of drug-likeness (QED) is 0.598. The van der Waals surface area contributed by atoms with E-state index in [1.807, 2.05) is 18.2 Å². The molecule has 0 aliphatic heterocycles. The van der Waals surface area contributed by atoms with Crippen LogP contribution in [0.2, 0.25) is 0 Å². The van der Waals surface area contributed by atoms with Gasteiger partial charge in [-0.2, -0.15) is 0 Å². The molecule has 3 nitrogen and oxygen atoms in total. The van der Waals surface area contributed by atoms with Gasteiger partial charge in [0.25, 0.3) is 0 Å². The summed E-state index contributed by atoms with van der Waals surface area (Å²) in [7, 11) is 2.15. The van der Waals surface area contributed by atoms with Gasteiger partial charge in [-0.15, -0.1) is 0 Å². The van der Waals surface area contributed by atoms with Crippen molar-refractivity contribution in [1.29, 1.82) is 5.41 Å². The first kappa shape index (κ1) is 11.1. The van der Waals surface area contributed by atoms with Crippen LogP contribution >= 0.6 is 0 Å². The average molecular weight is 217 g/mol. The van der Waals surface area contributed by atoms with E-state index in [1.54, 1.807) is 0 Å². The Kier molecular flexibility index (Phi) is 3.25. The molecule has 1 aliphatic rings. The van der Waals surface area contributed by atoms with Crippen molar-refractivity contribution in [2.24, 2.45) is 5.73 Å².